The van der Waals surface area contributed by atoms with Crippen LogP contribution in [0.5, 0.6) is 0 Å². The average molecular weight is 354 g/mol. The SMILES string of the molecule is CNC(=O)c1cccc(C(=O)NC(CCC(=O)O)Cc2ccccc2)c1. The van der Waals surface area contributed by atoms with E-state index in [1.165, 1.54) is 13.1 Å². The van der Waals surface area contributed by atoms with Gasteiger partial charge in [0.05, 0.1) is 0 Å². The van der Waals surface area contributed by atoms with Gasteiger partial charge in [-0.05, 0) is 36.6 Å². The van der Waals surface area contributed by atoms with Crippen LogP contribution in [0.3, 0.4) is 0 Å². The molecule has 2 aromatic rings. The number of carboxylic acid groups (broad SMARTS) is 1. The van der Waals surface area contributed by atoms with Gasteiger partial charge in [-0.1, -0.05) is 36.4 Å². The third kappa shape index (κ3) is 5.73. The molecule has 0 heterocycles. The minimum atomic E-state index is -0.904. The zero-order chi connectivity index (χ0) is 18.9. The largest absolute Gasteiger partial charge is 0.481 e. The lowest BCUT2D eigenvalue weighted by atomic mass is 10.0. The second-order valence-electron chi connectivity index (χ2n) is 5.95. The van der Waals surface area contributed by atoms with E-state index in [0.29, 0.717) is 24.0 Å². The van der Waals surface area contributed by atoms with E-state index in [4.69, 9.17) is 5.11 Å². The predicted octanol–water partition coefficient (Wildman–Crippen LogP) is 2.25. The van der Waals surface area contributed by atoms with E-state index in [-0.39, 0.29) is 24.3 Å². The highest BCUT2D eigenvalue weighted by atomic mass is 16.4. The molecule has 0 fully saturated rings. The quantitative estimate of drug-likeness (QED) is 0.677. The van der Waals surface area contributed by atoms with Crippen molar-refractivity contribution in [3.8, 4) is 0 Å². The summed E-state index contributed by atoms with van der Waals surface area (Å²) in [5.74, 6) is -1.51. The zero-order valence-corrected chi connectivity index (χ0v) is 14.6. The Morgan fingerprint density at radius 1 is 0.962 bits per heavy atom. The van der Waals surface area contributed by atoms with E-state index in [0.717, 1.165) is 5.56 Å². The lowest BCUT2D eigenvalue weighted by Gasteiger charge is -2.18. The van der Waals surface area contributed by atoms with Crippen molar-refractivity contribution in [1.82, 2.24) is 10.6 Å². The molecule has 0 aliphatic rings. The number of rotatable bonds is 8. The number of hydrogen-bond acceptors (Lipinski definition) is 3. The van der Waals surface area contributed by atoms with Crippen molar-refractivity contribution in [1.29, 1.82) is 0 Å². The summed E-state index contributed by atoms with van der Waals surface area (Å²) in [6.07, 6.45) is 0.830. The number of benzene rings is 2. The first-order valence-corrected chi connectivity index (χ1v) is 8.38. The highest BCUT2D eigenvalue weighted by molar-refractivity contribution is 5.99. The predicted molar refractivity (Wildman–Crippen MR) is 98.1 cm³/mol. The fourth-order valence-corrected chi connectivity index (χ4v) is 2.64. The first kappa shape index (κ1) is 19.2. The molecule has 2 rings (SSSR count). The Hall–Kier alpha value is -3.15. The molecule has 6 nitrogen and oxygen atoms in total. The summed E-state index contributed by atoms with van der Waals surface area (Å²) in [6.45, 7) is 0. The van der Waals surface area contributed by atoms with E-state index in [2.05, 4.69) is 10.6 Å². The standard InChI is InChI=1S/C20H22N2O4/c1-21-19(25)15-8-5-9-16(13-15)20(26)22-17(10-11-18(23)24)12-14-6-3-2-4-7-14/h2-9,13,17H,10-12H2,1H3,(H,21,25)(H,22,26)(H,23,24). The summed E-state index contributed by atoms with van der Waals surface area (Å²) < 4.78 is 0. The molecule has 0 aromatic heterocycles. The fourth-order valence-electron chi connectivity index (χ4n) is 2.64. The number of carbonyl (C=O) groups excluding carboxylic acids is 2. The molecule has 0 aliphatic heterocycles. The fraction of sp³-hybridized carbons (Fsp3) is 0.250. The molecule has 0 spiro atoms. The molecule has 0 radical (unpaired) electrons. The van der Waals surface area contributed by atoms with Crippen molar-refractivity contribution < 1.29 is 19.5 Å². The molecule has 3 N–H and O–H groups in total. The van der Waals surface area contributed by atoms with Crippen LogP contribution in [0.25, 0.3) is 0 Å². The van der Waals surface area contributed by atoms with E-state index < -0.39 is 5.97 Å². The van der Waals surface area contributed by atoms with Crippen LogP contribution in [0.4, 0.5) is 0 Å². The van der Waals surface area contributed by atoms with Gasteiger partial charge in [-0.15, -0.1) is 0 Å². The zero-order valence-electron chi connectivity index (χ0n) is 14.6. The number of aliphatic carboxylic acids is 1. The molecular formula is C20H22N2O4. The van der Waals surface area contributed by atoms with Gasteiger partial charge in [-0.3, -0.25) is 14.4 Å². The molecule has 0 saturated carbocycles. The van der Waals surface area contributed by atoms with E-state index in [1.807, 2.05) is 30.3 Å². The molecule has 1 unspecified atom stereocenters. The number of amides is 2. The molecular weight excluding hydrogens is 332 g/mol. The van der Waals surface area contributed by atoms with Crippen LogP contribution in [0, 0.1) is 0 Å². The first-order chi connectivity index (χ1) is 12.5. The maximum atomic E-state index is 12.6. The van der Waals surface area contributed by atoms with Gasteiger partial charge in [0.1, 0.15) is 0 Å². The molecule has 1 atom stereocenters. The Labute approximate surface area is 152 Å². The minimum Gasteiger partial charge on any atom is -0.481 e. The van der Waals surface area contributed by atoms with Crippen molar-refractivity contribution >= 4 is 17.8 Å². The number of hydrogen-bond donors (Lipinski definition) is 3. The maximum Gasteiger partial charge on any atom is 0.303 e. The number of carboxylic acids is 1. The molecule has 2 amide bonds. The van der Waals surface area contributed by atoms with Crippen molar-refractivity contribution in [3.63, 3.8) is 0 Å². The van der Waals surface area contributed by atoms with Crippen LogP contribution in [0.1, 0.15) is 39.1 Å². The second kappa shape index (κ2) is 9.36. The van der Waals surface area contributed by atoms with Gasteiger partial charge in [0.15, 0.2) is 0 Å². The van der Waals surface area contributed by atoms with E-state index in [9.17, 15) is 14.4 Å². The highest BCUT2D eigenvalue weighted by Crippen LogP contribution is 2.11. The van der Waals surface area contributed by atoms with Crippen LogP contribution in [-0.2, 0) is 11.2 Å². The van der Waals surface area contributed by atoms with Crippen molar-refractivity contribution in [2.45, 2.75) is 25.3 Å². The summed E-state index contributed by atoms with van der Waals surface area (Å²) in [5, 5.41) is 14.4. The molecule has 2 aromatic carbocycles. The molecule has 0 aliphatic carbocycles. The van der Waals surface area contributed by atoms with Gasteiger partial charge in [0.25, 0.3) is 11.8 Å². The molecule has 6 heteroatoms. The van der Waals surface area contributed by atoms with Crippen LogP contribution in [-0.4, -0.2) is 36.0 Å². The van der Waals surface area contributed by atoms with E-state index >= 15 is 0 Å². The summed E-state index contributed by atoms with van der Waals surface area (Å²) >= 11 is 0. The Morgan fingerprint density at radius 3 is 2.23 bits per heavy atom. The Balaban J connectivity index is 2.12. The third-order valence-electron chi connectivity index (χ3n) is 3.98. The normalized spacial score (nSPS) is 11.4. The summed E-state index contributed by atoms with van der Waals surface area (Å²) in [6, 6.07) is 15.7. The summed E-state index contributed by atoms with van der Waals surface area (Å²) in [4.78, 5) is 35.2. The number of nitrogens with one attached hydrogen (secondary N) is 2. The molecule has 26 heavy (non-hydrogen) atoms. The Bertz CT molecular complexity index is 774. The average Bonchev–Trinajstić information content (AvgIpc) is 2.66. The van der Waals surface area contributed by atoms with Crippen LogP contribution < -0.4 is 10.6 Å². The monoisotopic (exact) mass is 354 g/mol. The van der Waals surface area contributed by atoms with Gasteiger partial charge < -0.3 is 15.7 Å². The molecule has 0 saturated heterocycles. The van der Waals surface area contributed by atoms with Gasteiger partial charge in [-0.25, -0.2) is 0 Å². The lowest BCUT2D eigenvalue weighted by Crippen LogP contribution is -2.37. The Morgan fingerprint density at radius 2 is 1.62 bits per heavy atom. The number of carbonyl (C=O) groups is 3. The minimum absolute atomic E-state index is 0.0317. The lowest BCUT2D eigenvalue weighted by molar-refractivity contribution is -0.137. The van der Waals surface area contributed by atoms with Gasteiger partial charge in [0, 0.05) is 30.6 Å². The van der Waals surface area contributed by atoms with Crippen LogP contribution >= 0.6 is 0 Å². The first-order valence-electron chi connectivity index (χ1n) is 8.38. The second-order valence-corrected chi connectivity index (χ2v) is 5.95. The van der Waals surface area contributed by atoms with Crippen molar-refractivity contribution in [2.75, 3.05) is 7.05 Å². The van der Waals surface area contributed by atoms with Crippen LogP contribution in [0.2, 0.25) is 0 Å². The van der Waals surface area contributed by atoms with Crippen molar-refractivity contribution in [2.24, 2.45) is 0 Å². The summed E-state index contributed by atoms with van der Waals surface area (Å²) in [5.41, 5.74) is 1.77. The smallest absolute Gasteiger partial charge is 0.303 e. The Kier molecular flexibility index (Phi) is 6.91. The molecule has 136 valence electrons. The molecule has 0 bridgehead atoms. The maximum absolute atomic E-state index is 12.6. The van der Waals surface area contributed by atoms with Gasteiger partial charge in [-0.2, -0.15) is 0 Å². The highest BCUT2D eigenvalue weighted by Gasteiger charge is 2.17. The topological polar surface area (TPSA) is 95.5 Å². The van der Waals surface area contributed by atoms with Crippen LogP contribution in [0.15, 0.2) is 54.6 Å². The summed E-state index contributed by atoms with van der Waals surface area (Å²) in [7, 11) is 1.52. The van der Waals surface area contributed by atoms with Gasteiger partial charge in [0.2, 0.25) is 0 Å². The third-order valence-corrected chi connectivity index (χ3v) is 3.98. The van der Waals surface area contributed by atoms with Crippen molar-refractivity contribution in [3.05, 3.63) is 71.3 Å². The van der Waals surface area contributed by atoms with Gasteiger partial charge >= 0.3 is 5.97 Å². The van der Waals surface area contributed by atoms with E-state index in [1.54, 1.807) is 18.2 Å².